The van der Waals surface area contributed by atoms with Gasteiger partial charge in [0.15, 0.2) is 0 Å². The molecule has 98 valence electrons. The van der Waals surface area contributed by atoms with Crippen LogP contribution in [-0.2, 0) is 0 Å². The third kappa shape index (κ3) is 3.08. The molecule has 19 heavy (non-hydrogen) atoms. The standard InChI is InChI=1S/C14H11BrClNO2/c1-8-5-6-11(9(15)7-8)19-12-4-2-3-10(16)13(12)14(17)18/h2-7H,1H3,(H2,17,18). The van der Waals surface area contributed by atoms with Crippen LogP contribution in [0.2, 0.25) is 5.02 Å². The molecule has 0 unspecified atom stereocenters. The number of ether oxygens (including phenoxy) is 1. The van der Waals surface area contributed by atoms with Crippen LogP contribution in [-0.4, -0.2) is 5.91 Å². The summed E-state index contributed by atoms with van der Waals surface area (Å²) in [6.45, 7) is 1.97. The number of aryl methyl sites for hydroxylation is 1. The summed E-state index contributed by atoms with van der Waals surface area (Å²) in [5.74, 6) is 0.309. The number of primary amides is 1. The number of rotatable bonds is 3. The molecule has 0 aliphatic carbocycles. The molecule has 2 aromatic rings. The average Bonchev–Trinajstić information content (AvgIpc) is 2.32. The van der Waals surface area contributed by atoms with Crippen LogP contribution in [0.3, 0.4) is 0 Å². The molecule has 3 nitrogen and oxygen atoms in total. The lowest BCUT2D eigenvalue weighted by atomic mass is 10.2. The van der Waals surface area contributed by atoms with Gasteiger partial charge in [-0.15, -0.1) is 0 Å². The summed E-state index contributed by atoms with van der Waals surface area (Å²) in [7, 11) is 0. The number of hydrogen-bond acceptors (Lipinski definition) is 2. The van der Waals surface area contributed by atoms with E-state index < -0.39 is 5.91 Å². The Labute approximate surface area is 124 Å². The van der Waals surface area contributed by atoms with E-state index in [2.05, 4.69) is 15.9 Å². The van der Waals surface area contributed by atoms with Gasteiger partial charge in [-0.05, 0) is 52.7 Å². The number of nitrogens with two attached hydrogens (primary N) is 1. The fourth-order valence-electron chi connectivity index (χ4n) is 1.64. The van der Waals surface area contributed by atoms with Crippen molar-refractivity contribution in [2.24, 2.45) is 5.73 Å². The maximum absolute atomic E-state index is 11.4. The first kappa shape index (κ1) is 13.9. The quantitative estimate of drug-likeness (QED) is 0.905. The highest BCUT2D eigenvalue weighted by atomic mass is 79.9. The molecule has 0 spiro atoms. The molecule has 0 aromatic heterocycles. The van der Waals surface area contributed by atoms with Gasteiger partial charge in [0.25, 0.3) is 5.91 Å². The SMILES string of the molecule is Cc1ccc(Oc2cccc(Cl)c2C(N)=O)c(Br)c1. The minimum atomic E-state index is -0.621. The maximum atomic E-state index is 11.4. The van der Waals surface area contributed by atoms with Crippen molar-refractivity contribution in [3.05, 3.63) is 57.0 Å². The number of benzene rings is 2. The van der Waals surface area contributed by atoms with E-state index >= 15 is 0 Å². The molecule has 0 saturated carbocycles. The molecule has 0 saturated heterocycles. The Bertz CT molecular complexity index is 643. The normalized spacial score (nSPS) is 10.3. The minimum absolute atomic E-state index is 0.177. The van der Waals surface area contributed by atoms with Crippen molar-refractivity contribution in [1.29, 1.82) is 0 Å². The molecule has 0 radical (unpaired) electrons. The van der Waals surface area contributed by atoms with E-state index in [0.717, 1.165) is 10.0 Å². The second kappa shape index (κ2) is 5.63. The zero-order valence-corrected chi connectivity index (χ0v) is 12.5. The number of carbonyl (C=O) groups excluding carboxylic acids is 1. The molecule has 2 N–H and O–H groups in total. The van der Waals surface area contributed by atoms with E-state index in [1.54, 1.807) is 18.2 Å². The Morgan fingerprint density at radius 3 is 2.63 bits per heavy atom. The molecular formula is C14H11BrClNO2. The van der Waals surface area contributed by atoms with Crippen LogP contribution < -0.4 is 10.5 Å². The summed E-state index contributed by atoms with van der Waals surface area (Å²) in [6.07, 6.45) is 0. The number of carbonyl (C=O) groups is 1. The Balaban J connectivity index is 2.44. The Hall–Kier alpha value is -1.52. The lowest BCUT2D eigenvalue weighted by molar-refractivity contribution is 0.0998. The van der Waals surface area contributed by atoms with E-state index in [1.807, 2.05) is 25.1 Å². The number of amides is 1. The first-order chi connectivity index (χ1) is 8.99. The summed E-state index contributed by atoms with van der Waals surface area (Å²) in [5, 5.41) is 0.272. The van der Waals surface area contributed by atoms with E-state index in [0.29, 0.717) is 11.5 Å². The molecule has 0 atom stereocenters. The fourth-order valence-corrected chi connectivity index (χ4v) is 2.47. The second-order valence-corrected chi connectivity index (χ2v) is 5.27. The van der Waals surface area contributed by atoms with Gasteiger partial charge in [0, 0.05) is 0 Å². The van der Waals surface area contributed by atoms with Crippen LogP contribution in [0.5, 0.6) is 11.5 Å². The van der Waals surface area contributed by atoms with Gasteiger partial charge in [0.1, 0.15) is 17.1 Å². The first-order valence-electron chi connectivity index (χ1n) is 5.51. The lowest BCUT2D eigenvalue weighted by Gasteiger charge is -2.12. The smallest absolute Gasteiger partial charge is 0.254 e. The van der Waals surface area contributed by atoms with Gasteiger partial charge in [0.05, 0.1) is 9.50 Å². The molecule has 5 heteroatoms. The fraction of sp³-hybridized carbons (Fsp3) is 0.0714. The van der Waals surface area contributed by atoms with Crippen LogP contribution in [0.25, 0.3) is 0 Å². The van der Waals surface area contributed by atoms with Crippen molar-refractivity contribution in [1.82, 2.24) is 0 Å². The van der Waals surface area contributed by atoms with E-state index in [1.165, 1.54) is 0 Å². The van der Waals surface area contributed by atoms with Crippen LogP contribution in [0.15, 0.2) is 40.9 Å². The van der Waals surface area contributed by atoms with Crippen molar-refractivity contribution in [3.8, 4) is 11.5 Å². The van der Waals surface area contributed by atoms with Crippen molar-refractivity contribution in [3.63, 3.8) is 0 Å². The highest BCUT2D eigenvalue weighted by Crippen LogP contribution is 2.34. The zero-order valence-electron chi connectivity index (χ0n) is 10.1. The molecule has 2 rings (SSSR count). The molecular weight excluding hydrogens is 330 g/mol. The first-order valence-corrected chi connectivity index (χ1v) is 6.68. The van der Waals surface area contributed by atoms with Crippen molar-refractivity contribution >= 4 is 33.4 Å². The van der Waals surface area contributed by atoms with Crippen molar-refractivity contribution in [2.45, 2.75) is 6.92 Å². The van der Waals surface area contributed by atoms with Gasteiger partial charge in [0.2, 0.25) is 0 Å². The third-order valence-electron chi connectivity index (χ3n) is 2.53. The maximum Gasteiger partial charge on any atom is 0.254 e. The summed E-state index contributed by atoms with van der Waals surface area (Å²) in [4.78, 5) is 11.4. The Morgan fingerprint density at radius 1 is 1.26 bits per heavy atom. The zero-order chi connectivity index (χ0) is 14.0. The summed E-state index contributed by atoms with van der Waals surface area (Å²) in [5.41, 5.74) is 6.59. The van der Waals surface area contributed by atoms with Gasteiger partial charge < -0.3 is 10.5 Å². The molecule has 0 heterocycles. The number of hydrogen-bond donors (Lipinski definition) is 1. The van der Waals surface area contributed by atoms with Gasteiger partial charge in [-0.1, -0.05) is 23.7 Å². The summed E-state index contributed by atoms with van der Waals surface area (Å²) in [6, 6.07) is 10.6. The molecule has 2 aromatic carbocycles. The predicted molar refractivity (Wildman–Crippen MR) is 78.9 cm³/mol. The second-order valence-electron chi connectivity index (χ2n) is 4.01. The molecule has 0 aliphatic heterocycles. The lowest BCUT2D eigenvalue weighted by Crippen LogP contribution is -2.13. The molecule has 0 aliphatic rings. The topological polar surface area (TPSA) is 52.3 Å². The van der Waals surface area contributed by atoms with E-state index in [4.69, 9.17) is 22.1 Å². The predicted octanol–water partition coefficient (Wildman–Crippen LogP) is 4.30. The summed E-state index contributed by atoms with van der Waals surface area (Å²) >= 11 is 9.37. The molecule has 0 bridgehead atoms. The van der Waals surface area contributed by atoms with Gasteiger partial charge >= 0.3 is 0 Å². The third-order valence-corrected chi connectivity index (χ3v) is 3.46. The van der Waals surface area contributed by atoms with Crippen LogP contribution in [0.1, 0.15) is 15.9 Å². The Kier molecular flexibility index (Phi) is 4.12. The monoisotopic (exact) mass is 339 g/mol. The molecule has 0 fully saturated rings. The highest BCUT2D eigenvalue weighted by molar-refractivity contribution is 9.10. The van der Waals surface area contributed by atoms with E-state index in [-0.39, 0.29) is 10.6 Å². The van der Waals surface area contributed by atoms with Crippen molar-refractivity contribution in [2.75, 3.05) is 0 Å². The van der Waals surface area contributed by atoms with Gasteiger partial charge in [-0.2, -0.15) is 0 Å². The van der Waals surface area contributed by atoms with Crippen molar-refractivity contribution < 1.29 is 9.53 Å². The average molecular weight is 341 g/mol. The number of halogens is 2. The van der Waals surface area contributed by atoms with E-state index in [9.17, 15) is 4.79 Å². The summed E-state index contributed by atoms with van der Waals surface area (Å²) < 4.78 is 6.50. The largest absolute Gasteiger partial charge is 0.455 e. The minimum Gasteiger partial charge on any atom is -0.455 e. The Morgan fingerprint density at radius 2 is 2.00 bits per heavy atom. The van der Waals surface area contributed by atoms with Gasteiger partial charge in [-0.25, -0.2) is 0 Å². The van der Waals surface area contributed by atoms with Crippen LogP contribution >= 0.6 is 27.5 Å². The van der Waals surface area contributed by atoms with Crippen LogP contribution in [0, 0.1) is 6.92 Å². The molecule has 1 amide bonds. The van der Waals surface area contributed by atoms with Crippen LogP contribution in [0.4, 0.5) is 0 Å². The van der Waals surface area contributed by atoms with Gasteiger partial charge in [-0.3, -0.25) is 4.79 Å². The highest BCUT2D eigenvalue weighted by Gasteiger charge is 2.15.